The van der Waals surface area contributed by atoms with Gasteiger partial charge in [0.1, 0.15) is 18.1 Å². The average molecular weight is 488 g/mol. The fourth-order valence-electron chi connectivity index (χ4n) is 3.46. The normalized spacial score (nSPS) is 18.8. The Kier molecular flexibility index (Phi) is 5.91. The third-order valence-corrected chi connectivity index (χ3v) is 5.98. The van der Waals surface area contributed by atoms with E-state index in [1.807, 2.05) is 0 Å². The van der Waals surface area contributed by atoms with Crippen molar-refractivity contribution < 1.29 is 46.4 Å². The van der Waals surface area contributed by atoms with E-state index < -0.39 is 61.9 Å². The molecule has 0 spiro atoms. The number of carbonyl (C=O) groups is 2. The summed E-state index contributed by atoms with van der Waals surface area (Å²) < 4.78 is 66.2. The van der Waals surface area contributed by atoms with E-state index in [1.54, 1.807) is 0 Å². The molecule has 0 bridgehead atoms. The minimum Gasteiger partial charge on any atom is -0.442 e. The van der Waals surface area contributed by atoms with E-state index in [0.717, 1.165) is 23.4 Å². The highest BCUT2D eigenvalue weighted by atomic mass is 31.2. The Hall–Kier alpha value is -3.35. The van der Waals surface area contributed by atoms with Gasteiger partial charge in [-0.3, -0.25) is 14.4 Å². The van der Waals surface area contributed by atoms with Gasteiger partial charge in [-0.2, -0.15) is 0 Å². The summed E-state index contributed by atoms with van der Waals surface area (Å²) in [7, 11) is -4.91. The molecule has 2 aliphatic rings. The predicted octanol–water partition coefficient (Wildman–Crippen LogP) is 2.31. The van der Waals surface area contributed by atoms with Gasteiger partial charge in [0.2, 0.25) is 0 Å². The Morgan fingerprint density at radius 3 is 2.61 bits per heavy atom. The number of nitrogens with zero attached hydrogens (tertiary/aromatic N) is 4. The molecule has 1 atom stereocenters. The van der Waals surface area contributed by atoms with Gasteiger partial charge in [0.15, 0.2) is 29.1 Å². The monoisotopic (exact) mass is 488 g/mol. The standard InChI is InChI=1S/C18H16F3N4O7P/c19-12-7-13(15(20)16(21)17(12)23-4-1-10(26)2-5-23)24-8-11(32-18(24)27)9-25(33(28,29)30)14-3-6-31-22-14/h1,3-4,6-7,11H,2,5,8-9H2,(H2,28,29,30)/t11-/m1/s1. The maximum absolute atomic E-state index is 14.8. The van der Waals surface area contributed by atoms with E-state index in [2.05, 4.69) is 9.68 Å². The van der Waals surface area contributed by atoms with E-state index >= 15 is 0 Å². The third kappa shape index (κ3) is 4.45. The number of carbonyl (C=O) groups excluding carboxylic acids is 2. The van der Waals surface area contributed by atoms with Crippen molar-refractivity contribution in [3.05, 3.63) is 48.1 Å². The number of rotatable bonds is 6. The molecule has 2 aromatic rings. The number of amides is 1. The van der Waals surface area contributed by atoms with Crippen LogP contribution in [0.2, 0.25) is 0 Å². The average Bonchev–Trinajstić information content (AvgIpc) is 3.39. The molecule has 4 rings (SSSR count). The Balaban J connectivity index is 1.59. The van der Waals surface area contributed by atoms with Crippen molar-refractivity contribution >= 4 is 36.8 Å². The molecule has 0 radical (unpaired) electrons. The Morgan fingerprint density at radius 1 is 1.24 bits per heavy atom. The minimum absolute atomic E-state index is 0.0134. The number of aromatic nitrogens is 1. The van der Waals surface area contributed by atoms with E-state index in [4.69, 9.17) is 4.74 Å². The number of hydrogen-bond donors (Lipinski definition) is 2. The number of hydrogen-bond acceptors (Lipinski definition) is 7. The van der Waals surface area contributed by atoms with Crippen LogP contribution in [-0.2, 0) is 14.1 Å². The van der Waals surface area contributed by atoms with Gasteiger partial charge < -0.3 is 23.9 Å². The quantitative estimate of drug-likeness (QED) is 0.460. The number of halogens is 3. The Morgan fingerprint density at radius 2 is 2.00 bits per heavy atom. The SMILES string of the molecule is O=C1C=CN(c2c(F)cc(N3C[C@H](CN(c4ccon4)P(=O)(O)O)OC3=O)c(F)c2F)CC1. The van der Waals surface area contributed by atoms with Gasteiger partial charge in [0, 0.05) is 31.3 Å². The van der Waals surface area contributed by atoms with Crippen molar-refractivity contribution in [3.63, 3.8) is 0 Å². The molecule has 1 aromatic carbocycles. The first kappa shape index (κ1) is 22.8. The molecule has 0 unspecified atom stereocenters. The third-order valence-electron chi connectivity index (χ3n) is 4.99. The fourth-order valence-corrected chi connectivity index (χ4v) is 4.22. The number of ether oxygens (including phenoxy) is 1. The van der Waals surface area contributed by atoms with Crippen LogP contribution in [0.1, 0.15) is 6.42 Å². The summed E-state index contributed by atoms with van der Waals surface area (Å²) in [5, 5.41) is 3.43. The molecule has 2 N–H and O–H groups in total. The molecule has 15 heteroatoms. The molecule has 1 amide bonds. The van der Waals surface area contributed by atoms with Crippen LogP contribution in [-0.4, -0.2) is 52.6 Å². The predicted molar refractivity (Wildman–Crippen MR) is 106 cm³/mol. The minimum atomic E-state index is -4.91. The van der Waals surface area contributed by atoms with Crippen molar-refractivity contribution in [2.24, 2.45) is 0 Å². The fraction of sp³-hybridized carbons (Fsp3) is 0.278. The van der Waals surface area contributed by atoms with Crippen molar-refractivity contribution in [2.75, 3.05) is 34.1 Å². The summed E-state index contributed by atoms with van der Waals surface area (Å²) in [5.74, 6) is -4.76. The largest absolute Gasteiger partial charge is 0.442 e. The summed E-state index contributed by atoms with van der Waals surface area (Å²) in [6, 6.07) is 1.78. The zero-order valence-electron chi connectivity index (χ0n) is 16.6. The Labute approximate surface area is 183 Å². The molecule has 1 saturated heterocycles. The molecule has 1 aromatic heterocycles. The van der Waals surface area contributed by atoms with E-state index in [0.29, 0.717) is 15.6 Å². The zero-order chi connectivity index (χ0) is 23.9. The summed E-state index contributed by atoms with van der Waals surface area (Å²) in [6.45, 7) is -1.08. The van der Waals surface area contributed by atoms with Gasteiger partial charge in [-0.1, -0.05) is 5.16 Å². The Bertz CT molecular complexity index is 1170. The second kappa shape index (κ2) is 8.54. The van der Waals surface area contributed by atoms with Crippen molar-refractivity contribution in [1.29, 1.82) is 0 Å². The lowest BCUT2D eigenvalue weighted by atomic mass is 10.1. The highest BCUT2D eigenvalue weighted by Crippen LogP contribution is 2.44. The molecule has 2 aliphatic heterocycles. The first-order valence-corrected chi connectivity index (χ1v) is 11.0. The number of ketones is 1. The molecule has 33 heavy (non-hydrogen) atoms. The van der Waals surface area contributed by atoms with E-state index in [-0.39, 0.29) is 24.6 Å². The lowest BCUT2D eigenvalue weighted by molar-refractivity contribution is -0.114. The molecule has 0 saturated carbocycles. The van der Waals surface area contributed by atoms with Crippen molar-refractivity contribution in [2.45, 2.75) is 12.5 Å². The first-order chi connectivity index (χ1) is 15.6. The summed E-state index contributed by atoms with van der Waals surface area (Å²) in [5.41, 5.74) is -1.47. The van der Waals surface area contributed by atoms with Gasteiger partial charge in [-0.05, 0) is 6.08 Å². The summed E-state index contributed by atoms with van der Waals surface area (Å²) >= 11 is 0. The lowest BCUT2D eigenvalue weighted by Gasteiger charge is -2.25. The van der Waals surface area contributed by atoms with Gasteiger partial charge in [-0.15, -0.1) is 0 Å². The summed E-state index contributed by atoms with van der Waals surface area (Å²) in [4.78, 5) is 44.3. The summed E-state index contributed by atoms with van der Waals surface area (Å²) in [6.07, 6.45) is 0.926. The topological polar surface area (TPSA) is 137 Å². The first-order valence-electron chi connectivity index (χ1n) is 9.43. The maximum Gasteiger partial charge on any atom is 0.431 e. The lowest BCUT2D eigenvalue weighted by Crippen LogP contribution is -2.33. The maximum atomic E-state index is 14.8. The highest BCUT2D eigenvalue weighted by Gasteiger charge is 2.40. The van der Waals surface area contributed by atoms with E-state index in [1.165, 1.54) is 6.07 Å². The van der Waals surface area contributed by atoms with Crippen LogP contribution in [0, 0.1) is 17.5 Å². The highest BCUT2D eigenvalue weighted by molar-refractivity contribution is 7.53. The van der Waals surface area contributed by atoms with E-state index in [9.17, 15) is 37.1 Å². The smallest absolute Gasteiger partial charge is 0.431 e. The zero-order valence-corrected chi connectivity index (χ0v) is 17.5. The molecule has 0 aliphatic carbocycles. The number of cyclic esters (lactones) is 1. The number of benzene rings is 1. The number of anilines is 3. The van der Waals surface area contributed by atoms with Gasteiger partial charge in [0.05, 0.1) is 18.8 Å². The van der Waals surface area contributed by atoms with Crippen molar-refractivity contribution in [3.8, 4) is 0 Å². The van der Waals surface area contributed by atoms with Gasteiger partial charge >= 0.3 is 13.8 Å². The van der Waals surface area contributed by atoms with Gasteiger partial charge in [-0.25, -0.2) is 22.5 Å². The van der Waals surface area contributed by atoms with Crippen LogP contribution in [0.3, 0.4) is 0 Å². The molecular weight excluding hydrogens is 472 g/mol. The number of allylic oxidation sites excluding steroid dienone is 1. The van der Waals surface area contributed by atoms with Crippen LogP contribution in [0.15, 0.2) is 35.2 Å². The molecule has 1 fully saturated rings. The molecule has 3 heterocycles. The van der Waals surface area contributed by atoms with Crippen LogP contribution < -0.4 is 14.5 Å². The van der Waals surface area contributed by atoms with Crippen molar-refractivity contribution in [1.82, 2.24) is 5.16 Å². The van der Waals surface area contributed by atoms with Crippen LogP contribution in [0.25, 0.3) is 0 Å². The van der Waals surface area contributed by atoms with Crippen LogP contribution in [0.4, 0.5) is 35.2 Å². The van der Waals surface area contributed by atoms with Gasteiger partial charge in [0.25, 0.3) is 0 Å². The second-order valence-corrected chi connectivity index (χ2v) is 8.66. The van der Waals surface area contributed by atoms with Crippen LogP contribution >= 0.6 is 7.75 Å². The molecule has 11 nitrogen and oxygen atoms in total. The molecular formula is C18H16F3N4O7P. The second-order valence-electron chi connectivity index (χ2n) is 7.15. The van der Waals surface area contributed by atoms with Crippen LogP contribution in [0.5, 0.6) is 0 Å². The molecule has 176 valence electrons.